The van der Waals surface area contributed by atoms with E-state index in [4.69, 9.17) is 13.8 Å². The van der Waals surface area contributed by atoms with Crippen LogP contribution in [0.2, 0.25) is 0 Å². The first-order chi connectivity index (χ1) is 27.3. The standard InChI is InChI=1S/C46H80NO8P/c1-3-5-7-9-11-13-15-17-19-20-21-22-23-24-25-26-28-30-32-34-36-38-45(49)47-40-41-54-56(51,52)55-43-44(48)42-53-46(50)39-37-35-33-31-29-27-18-16-14-12-10-8-6-4-2/h5,7,11,13,16-19,21-22,24-25,44,48H,3-4,6,8-10,12,14-15,20,23,26-43H2,1-2H3,(H,47,49)(H,51,52)/b7-5-,13-11-,18-16-,19-17-,22-21-,25-24-. The molecule has 322 valence electrons. The molecule has 0 fully saturated rings. The van der Waals surface area contributed by atoms with Crippen LogP contribution in [0.25, 0.3) is 0 Å². The Hall–Kier alpha value is -2.55. The van der Waals surface area contributed by atoms with Crippen LogP contribution in [-0.4, -0.2) is 54.3 Å². The van der Waals surface area contributed by atoms with E-state index in [1.807, 2.05) is 0 Å². The van der Waals surface area contributed by atoms with E-state index in [9.17, 15) is 24.2 Å². The molecule has 0 aromatic heterocycles. The first kappa shape index (κ1) is 53.5. The summed E-state index contributed by atoms with van der Waals surface area (Å²) >= 11 is 0. The zero-order valence-corrected chi connectivity index (χ0v) is 36.2. The lowest BCUT2D eigenvalue weighted by Crippen LogP contribution is -2.27. The minimum Gasteiger partial charge on any atom is -0.463 e. The molecule has 3 N–H and O–H groups in total. The number of aliphatic hydroxyl groups is 1. The Morgan fingerprint density at radius 3 is 1.55 bits per heavy atom. The highest BCUT2D eigenvalue weighted by Gasteiger charge is 2.23. The minimum atomic E-state index is -4.43. The quantitative estimate of drug-likeness (QED) is 0.0241. The molecule has 56 heavy (non-hydrogen) atoms. The van der Waals surface area contributed by atoms with Gasteiger partial charge in [-0.15, -0.1) is 0 Å². The predicted molar refractivity (Wildman–Crippen MR) is 233 cm³/mol. The highest BCUT2D eigenvalue weighted by atomic mass is 31.2. The Kier molecular flexibility index (Phi) is 40.2. The minimum absolute atomic E-state index is 0.0659. The fourth-order valence-corrected chi connectivity index (χ4v) is 6.33. The molecular formula is C46H80NO8P. The third-order valence-electron chi connectivity index (χ3n) is 8.87. The molecule has 9 nitrogen and oxygen atoms in total. The molecule has 0 aromatic rings. The molecule has 2 atom stereocenters. The van der Waals surface area contributed by atoms with Crippen LogP contribution < -0.4 is 5.32 Å². The average Bonchev–Trinajstić information content (AvgIpc) is 3.18. The second-order valence-corrected chi connectivity index (χ2v) is 15.7. The predicted octanol–water partition coefficient (Wildman–Crippen LogP) is 12.3. The molecule has 1 amide bonds. The molecule has 0 heterocycles. The highest BCUT2D eigenvalue weighted by molar-refractivity contribution is 7.47. The first-order valence-electron chi connectivity index (χ1n) is 21.9. The lowest BCUT2D eigenvalue weighted by molar-refractivity contribution is -0.147. The molecule has 10 heteroatoms. The van der Waals surface area contributed by atoms with E-state index in [2.05, 4.69) is 92.1 Å². The third-order valence-corrected chi connectivity index (χ3v) is 9.85. The average molecular weight is 806 g/mol. The van der Waals surface area contributed by atoms with E-state index in [-0.39, 0.29) is 32.1 Å². The maximum atomic E-state index is 12.1. The molecule has 0 aliphatic carbocycles. The summed E-state index contributed by atoms with van der Waals surface area (Å²) in [4.78, 5) is 33.9. The van der Waals surface area contributed by atoms with Gasteiger partial charge in [-0.05, 0) is 83.5 Å². The normalized spacial score (nSPS) is 14.0. The van der Waals surface area contributed by atoms with E-state index >= 15 is 0 Å². The SMILES string of the molecule is CC/C=C\C/C=C\C/C=C\C/C=C\C/C=C\CCCCCCCC(=O)NCCOP(=O)(O)OCC(O)COC(=O)CCCCCCC/C=C\CCCCCCC. The van der Waals surface area contributed by atoms with Crippen molar-refractivity contribution in [2.24, 2.45) is 0 Å². The Balaban J connectivity index is 3.66. The molecule has 0 bridgehead atoms. The van der Waals surface area contributed by atoms with Gasteiger partial charge < -0.3 is 20.1 Å². The summed E-state index contributed by atoms with van der Waals surface area (Å²) in [7, 11) is -4.43. The van der Waals surface area contributed by atoms with Gasteiger partial charge in [0.1, 0.15) is 12.7 Å². The van der Waals surface area contributed by atoms with E-state index in [0.717, 1.165) is 109 Å². The molecule has 0 radical (unpaired) electrons. The van der Waals surface area contributed by atoms with Crippen LogP contribution in [0.15, 0.2) is 72.9 Å². The van der Waals surface area contributed by atoms with E-state index < -0.39 is 26.5 Å². The van der Waals surface area contributed by atoms with Crippen molar-refractivity contribution in [2.45, 2.75) is 180 Å². The topological polar surface area (TPSA) is 131 Å². The maximum absolute atomic E-state index is 12.1. The van der Waals surface area contributed by atoms with Crippen LogP contribution in [0.1, 0.15) is 174 Å². The summed E-state index contributed by atoms with van der Waals surface area (Å²) < 4.78 is 26.9. The van der Waals surface area contributed by atoms with Crippen molar-refractivity contribution in [1.82, 2.24) is 5.32 Å². The Labute approximate surface area is 341 Å². The lowest BCUT2D eigenvalue weighted by Gasteiger charge is -2.15. The third kappa shape index (κ3) is 42.6. The number of esters is 1. The van der Waals surface area contributed by atoms with Gasteiger partial charge in [-0.2, -0.15) is 0 Å². The number of hydrogen-bond acceptors (Lipinski definition) is 7. The van der Waals surface area contributed by atoms with Crippen LogP contribution in [0.5, 0.6) is 0 Å². The van der Waals surface area contributed by atoms with Gasteiger partial charge in [0.2, 0.25) is 5.91 Å². The summed E-state index contributed by atoms with van der Waals surface area (Å²) in [5, 5.41) is 12.7. The van der Waals surface area contributed by atoms with Gasteiger partial charge in [0.25, 0.3) is 0 Å². The smallest absolute Gasteiger partial charge is 0.463 e. The summed E-state index contributed by atoms with van der Waals surface area (Å²) in [5.41, 5.74) is 0. The van der Waals surface area contributed by atoms with Crippen molar-refractivity contribution in [3.05, 3.63) is 72.9 Å². The monoisotopic (exact) mass is 806 g/mol. The van der Waals surface area contributed by atoms with Crippen molar-refractivity contribution in [3.63, 3.8) is 0 Å². The van der Waals surface area contributed by atoms with Crippen molar-refractivity contribution in [1.29, 1.82) is 0 Å². The Morgan fingerprint density at radius 1 is 0.571 bits per heavy atom. The van der Waals surface area contributed by atoms with Crippen molar-refractivity contribution < 1.29 is 37.9 Å². The number of nitrogens with one attached hydrogen (secondary N) is 1. The van der Waals surface area contributed by atoms with E-state index in [1.165, 1.54) is 38.5 Å². The number of hydrogen-bond donors (Lipinski definition) is 3. The number of phosphoric acid groups is 1. The Bertz CT molecular complexity index is 1150. The number of carbonyl (C=O) groups excluding carboxylic acids is 2. The molecule has 0 aliphatic heterocycles. The maximum Gasteiger partial charge on any atom is 0.472 e. The fraction of sp³-hybridized carbons (Fsp3) is 0.696. The number of aliphatic hydroxyl groups excluding tert-OH is 1. The second kappa shape index (κ2) is 42.1. The molecule has 0 aromatic carbocycles. The largest absolute Gasteiger partial charge is 0.472 e. The van der Waals surface area contributed by atoms with Crippen LogP contribution >= 0.6 is 7.82 Å². The molecule has 0 saturated heterocycles. The van der Waals surface area contributed by atoms with Gasteiger partial charge in [0.05, 0.1) is 13.2 Å². The van der Waals surface area contributed by atoms with Crippen molar-refractivity contribution in [3.8, 4) is 0 Å². The van der Waals surface area contributed by atoms with Gasteiger partial charge in [-0.3, -0.25) is 18.6 Å². The van der Waals surface area contributed by atoms with Crippen LogP contribution in [0.4, 0.5) is 0 Å². The zero-order chi connectivity index (χ0) is 41.1. The molecule has 0 saturated carbocycles. The number of allylic oxidation sites excluding steroid dienone is 12. The van der Waals surface area contributed by atoms with E-state index in [1.54, 1.807) is 0 Å². The summed E-state index contributed by atoms with van der Waals surface area (Å²) in [6.45, 7) is 3.38. The number of carbonyl (C=O) groups is 2. The zero-order valence-electron chi connectivity index (χ0n) is 35.3. The van der Waals surface area contributed by atoms with Crippen LogP contribution in [-0.2, 0) is 27.9 Å². The van der Waals surface area contributed by atoms with Crippen LogP contribution in [0, 0.1) is 0 Å². The number of unbranched alkanes of at least 4 members (excludes halogenated alkanes) is 15. The fourth-order valence-electron chi connectivity index (χ4n) is 5.58. The number of ether oxygens (including phenoxy) is 1. The van der Waals surface area contributed by atoms with Gasteiger partial charge in [0.15, 0.2) is 0 Å². The van der Waals surface area contributed by atoms with Crippen LogP contribution in [0.3, 0.4) is 0 Å². The molecule has 0 spiro atoms. The number of amides is 1. The number of rotatable bonds is 40. The highest BCUT2D eigenvalue weighted by Crippen LogP contribution is 2.42. The molecule has 0 rings (SSSR count). The second-order valence-electron chi connectivity index (χ2n) is 14.3. The molecule has 0 aliphatic rings. The summed E-state index contributed by atoms with van der Waals surface area (Å²) in [6, 6.07) is 0. The van der Waals surface area contributed by atoms with E-state index in [0.29, 0.717) is 6.42 Å². The number of phosphoric ester groups is 1. The Morgan fingerprint density at radius 2 is 1.02 bits per heavy atom. The van der Waals surface area contributed by atoms with Gasteiger partial charge in [0, 0.05) is 19.4 Å². The summed E-state index contributed by atoms with van der Waals surface area (Å²) in [6.07, 6.45) is 51.1. The molecule has 2 unspecified atom stereocenters. The van der Waals surface area contributed by atoms with Crippen molar-refractivity contribution >= 4 is 19.7 Å². The van der Waals surface area contributed by atoms with Gasteiger partial charge >= 0.3 is 13.8 Å². The first-order valence-corrected chi connectivity index (χ1v) is 23.4. The summed E-state index contributed by atoms with van der Waals surface area (Å²) in [5.74, 6) is -0.549. The van der Waals surface area contributed by atoms with Gasteiger partial charge in [-0.1, -0.05) is 151 Å². The lowest BCUT2D eigenvalue weighted by atomic mass is 10.1. The molecular weight excluding hydrogens is 725 g/mol. The van der Waals surface area contributed by atoms with Gasteiger partial charge in [-0.25, -0.2) is 4.57 Å². The van der Waals surface area contributed by atoms with Crippen molar-refractivity contribution in [2.75, 3.05) is 26.4 Å².